The minimum Gasteiger partial charge on any atom is -0.444 e. The van der Waals surface area contributed by atoms with Gasteiger partial charge in [0, 0.05) is 52.7 Å². The van der Waals surface area contributed by atoms with Crippen LogP contribution in [-0.4, -0.2) is 53.8 Å². The van der Waals surface area contributed by atoms with Crippen LogP contribution in [0.1, 0.15) is 39.7 Å². The van der Waals surface area contributed by atoms with Gasteiger partial charge < -0.3 is 24.8 Å². The number of aliphatic imine (C=N–C) groups is 1. The fourth-order valence-corrected chi connectivity index (χ4v) is 2.27. The first-order valence-corrected chi connectivity index (χ1v) is 8.78. The molecular weight excluding hydrogens is 445 g/mol. The molecule has 1 heterocycles. The average molecular weight is 479 g/mol. The largest absolute Gasteiger partial charge is 0.444 e. The lowest BCUT2D eigenvalue weighted by atomic mass is 10.2. The van der Waals surface area contributed by atoms with Gasteiger partial charge in [0.05, 0.1) is 0 Å². The van der Waals surface area contributed by atoms with Crippen LogP contribution in [0.15, 0.2) is 23.5 Å². The Kier molecular flexibility index (Phi) is 11.4. The molecule has 1 rings (SSSR count). The van der Waals surface area contributed by atoms with E-state index in [1.165, 1.54) is 5.56 Å². The third-order valence-electron chi connectivity index (χ3n) is 3.40. The van der Waals surface area contributed by atoms with Crippen molar-refractivity contribution >= 4 is 36.0 Å². The van der Waals surface area contributed by atoms with Crippen LogP contribution in [0.5, 0.6) is 0 Å². The van der Waals surface area contributed by atoms with Crippen molar-refractivity contribution in [2.24, 2.45) is 12.0 Å². The Hall–Kier alpha value is -1.45. The molecule has 0 aliphatic carbocycles. The number of carbonyl (C=O) groups is 1. The van der Waals surface area contributed by atoms with E-state index in [9.17, 15) is 4.79 Å². The minimum atomic E-state index is -0.482. The van der Waals surface area contributed by atoms with Gasteiger partial charge in [-0.3, -0.25) is 4.99 Å². The maximum absolute atomic E-state index is 12.2. The van der Waals surface area contributed by atoms with E-state index in [4.69, 9.17) is 4.74 Å². The monoisotopic (exact) mass is 479 g/mol. The molecule has 1 aromatic heterocycles. The van der Waals surface area contributed by atoms with E-state index in [-0.39, 0.29) is 30.1 Å². The van der Waals surface area contributed by atoms with Gasteiger partial charge in [0.15, 0.2) is 5.96 Å². The Balaban J connectivity index is 0.00000625. The van der Waals surface area contributed by atoms with Crippen molar-refractivity contribution < 1.29 is 9.53 Å². The van der Waals surface area contributed by atoms with Gasteiger partial charge in [-0.2, -0.15) is 0 Å². The van der Waals surface area contributed by atoms with Gasteiger partial charge in [-0.1, -0.05) is 6.92 Å². The summed E-state index contributed by atoms with van der Waals surface area (Å²) in [5, 5.41) is 6.50. The Morgan fingerprint density at radius 2 is 2.00 bits per heavy atom. The minimum absolute atomic E-state index is 0. The maximum Gasteiger partial charge on any atom is 0.410 e. The molecule has 150 valence electrons. The molecule has 0 aliphatic rings. The Morgan fingerprint density at radius 1 is 1.31 bits per heavy atom. The first kappa shape index (κ1) is 24.6. The van der Waals surface area contributed by atoms with Crippen molar-refractivity contribution in [1.82, 2.24) is 20.1 Å². The number of rotatable bonds is 7. The van der Waals surface area contributed by atoms with Gasteiger partial charge in [-0.15, -0.1) is 24.0 Å². The van der Waals surface area contributed by atoms with Crippen LogP contribution < -0.4 is 10.6 Å². The van der Waals surface area contributed by atoms with Crippen molar-refractivity contribution in [1.29, 1.82) is 0 Å². The fraction of sp³-hybridized carbons (Fsp3) is 0.667. The number of hydrogen-bond donors (Lipinski definition) is 2. The van der Waals surface area contributed by atoms with Gasteiger partial charge in [-0.25, -0.2) is 4.79 Å². The van der Waals surface area contributed by atoms with E-state index in [2.05, 4.69) is 27.9 Å². The standard InChI is InChI=1S/C18H33N5O2.HI/c1-7-10-23(17(24)25-18(2,3)4)12-9-20-16(19-5)21-13-15-8-11-22(6)14-15;/h8,11,14H,7,9-10,12-13H2,1-6H3,(H2,19,20,21);1H. The van der Waals surface area contributed by atoms with E-state index < -0.39 is 5.60 Å². The van der Waals surface area contributed by atoms with E-state index in [0.29, 0.717) is 32.1 Å². The smallest absolute Gasteiger partial charge is 0.410 e. The number of carbonyl (C=O) groups excluding carboxylic acids is 1. The number of guanidine groups is 1. The molecule has 0 saturated carbocycles. The number of aryl methyl sites for hydroxylation is 1. The number of aromatic nitrogens is 1. The molecule has 0 fully saturated rings. The second-order valence-electron chi connectivity index (χ2n) is 7.01. The van der Waals surface area contributed by atoms with Gasteiger partial charge >= 0.3 is 6.09 Å². The van der Waals surface area contributed by atoms with Gasteiger partial charge in [0.25, 0.3) is 0 Å². The zero-order valence-corrected chi connectivity index (χ0v) is 19.2. The normalized spacial score (nSPS) is 11.5. The molecule has 1 amide bonds. The highest BCUT2D eigenvalue weighted by Gasteiger charge is 2.21. The Morgan fingerprint density at radius 3 is 2.50 bits per heavy atom. The van der Waals surface area contributed by atoms with Crippen LogP contribution >= 0.6 is 24.0 Å². The quantitative estimate of drug-likeness (QED) is 0.359. The topological polar surface area (TPSA) is 70.9 Å². The Labute approximate surface area is 174 Å². The number of amides is 1. The predicted octanol–water partition coefficient (Wildman–Crippen LogP) is 2.96. The third kappa shape index (κ3) is 9.88. The molecule has 8 heteroatoms. The molecule has 7 nitrogen and oxygen atoms in total. The maximum atomic E-state index is 12.2. The highest BCUT2D eigenvalue weighted by molar-refractivity contribution is 14.0. The molecule has 2 N–H and O–H groups in total. The molecule has 0 radical (unpaired) electrons. The van der Waals surface area contributed by atoms with Crippen LogP contribution in [0.25, 0.3) is 0 Å². The van der Waals surface area contributed by atoms with Gasteiger partial charge in [-0.05, 0) is 38.8 Å². The van der Waals surface area contributed by atoms with Crippen molar-refractivity contribution in [2.75, 3.05) is 26.7 Å². The SMILES string of the molecule is CCCN(CCNC(=NC)NCc1ccn(C)c1)C(=O)OC(C)(C)C.I. The van der Waals surface area contributed by atoms with E-state index in [1.54, 1.807) is 11.9 Å². The van der Waals surface area contributed by atoms with E-state index >= 15 is 0 Å². The third-order valence-corrected chi connectivity index (χ3v) is 3.40. The molecule has 0 unspecified atom stereocenters. The summed E-state index contributed by atoms with van der Waals surface area (Å²) in [6.45, 7) is 10.2. The van der Waals surface area contributed by atoms with Crippen molar-refractivity contribution in [3.8, 4) is 0 Å². The van der Waals surface area contributed by atoms with Gasteiger partial charge in [0.2, 0.25) is 0 Å². The molecule has 0 aliphatic heterocycles. The molecule has 1 aromatic rings. The summed E-state index contributed by atoms with van der Waals surface area (Å²) < 4.78 is 7.47. The average Bonchev–Trinajstić information content (AvgIpc) is 2.93. The van der Waals surface area contributed by atoms with Crippen LogP contribution in [0.3, 0.4) is 0 Å². The lowest BCUT2D eigenvalue weighted by Crippen LogP contribution is -2.44. The molecule has 0 aromatic carbocycles. The molecule has 0 atom stereocenters. The van der Waals surface area contributed by atoms with Crippen LogP contribution in [0.4, 0.5) is 4.79 Å². The number of hydrogen-bond acceptors (Lipinski definition) is 3. The summed E-state index contributed by atoms with van der Waals surface area (Å²) in [4.78, 5) is 18.2. The van der Waals surface area contributed by atoms with Crippen LogP contribution in [-0.2, 0) is 18.3 Å². The second-order valence-corrected chi connectivity index (χ2v) is 7.01. The van der Waals surface area contributed by atoms with Crippen molar-refractivity contribution in [3.05, 3.63) is 24.0 Å². The summed E-state index contributed by atoms with van der Waals surface area (Å²) in [6.07, 6.45) is 4.69. The number of nitrogens with zero attached hydrogens (tertiary/aromatic N) is 3. The summed E-state index contributed by atoms with van der Waals surface area (Å²) in [6, 6.07) is 2.06. The highest BCUT2D eigenvalue weighted by atomic mass is 127. The molecule has 0 bridgehead atoms. The lowest BCUT2D eigenvalue weighted by Gasteiger charge is -2.27. The zero-order chi connectivity index (χ0) is 18.9. The fourth-order valence-electron chi connectivity index (χ4n) is 2.27. The van der Waals surface area contributed by atoms with Crippen molar-refractivity contribution in [2.45, 2.75) is 46.3 Å². The summed E-state index contributed by atoms with van der Waals surface area (Å²) >= 11 is 0. The highest BCUT2D eigenvalue weighted by Crippen LogP contribution is 2.10. The molecular formula is C18H34IN5O2. The zero-order valence-electron chi connectivity index (χ0n) is 16.8. The molecule has 0 spiro atoms. The number of nitrogens with one attached hydrogen (secondary N) is 2. The van der Waals surface area contributed by atoms with Crippen LogP contribution in [0.2, 0.25) is 0 Å². The first-order valence-electron chi connectivity index (χ1n) is 8.78. The van der Waals surface area contributed by atoms with Crippen LogP contribution in [0, 0.1) is 0 Å². The molecule has 26 heavy (non-hydrogen) atoms. The number of ether oxygens (including phenoxy) is 1. The Bertz CT molecular complexity index is 566. The summed E-state index contributed by atoms with van der Waals surface area (Å²) in [5.74, 6) is 0.712. The first-order chi connectivity index (χ1) is 11.7. The van der Waals surface area contributed by atoms with E-state index in [0.717, 1.165) is 6.42 Å². The van der Waals surface area contributed by atoms with Crippen molar-refractivity contribution in [3.63, 3.8) is 0 Å². The molecule has 0 saturated heterocycles. The predicted molar refractivity (Wildman–Crippen MR) is 117 cm³/mol. The van der Waals surface area contributed by atoms with Gasteiger partial charge in [0.1, 0.15) is 5.60 Å². The summed E-state index contributed by atoms with van der Waals surface area (Å²) in [5.41, 5.74) is 0.705. The lowest BCUT2D eigenvalue weighted by molar-refractivity contribution is 0.0253. The second kappa shape index (κ2) is 12.0. The summed E-state index contributed by atoms with van der Waals surface area (Å²) in [7, 11) is 3.73. The van der Waals surface area contributed by atoms with E-state index in [1.807, 2.05) is 45.5 Å². The number of halogens is 1.